The van der Waals surface area contributed by atoms with Gasteiger partial charge in [0.15, 0.2) is 0 Å². The topological polar surface area (TPSA) is 75.3 Å². The lowest BCUT2D eigenvalue weighted by atomic mass is 10.1. The number of fused-ring (bicyclic) bond motifs is 1. The molecular weight excluding hydrogens is 444 g/mol. The quantitative estimate of drug-likeness (QED) is 0.371. The zero-order chi connectivity index (χ0) is 22.9. The van der Waals surface area contributed by atoms with Crippen LogP contribution in [-0.4, -0.2) is 14.3 Å². The number of benzene rings is 4. The van der Waals surface area contributed by atoms with Crippen LogP contribution in [0.25, 0.3) is 10.8 Å². The monoisotopic (exact) mass is 464 g/mol. The second-order valence-electron chi connectivity index (χ2n) is 7.59. The Kier molecular flexibility index (Phi) is 5.91. The van der Waals surface area contributed by atoms with Gasteiger partial charge in [-0.15, -0.1) is 0 Å². The molecule has 0 saturated heterocycles. The summed E-state index contributed by atoms with van der Waals surface area (Å²) in [6.45, 7) is 3.69. The van der Waals surface area contributed by atoms with Crippen molar-refractivity contribution in [3.05, 3.63) is 101 Å². The summed E-state index contributed by atoms with van der Waals surface area (Å²) < 4.78 is 28.7. The first-order chi connectivity index (χ1) is 15.2. The van der Waals surface area contributed by atoms with Gasteiger partial charge < -0.3 is 5.32 Å². The minimum absolute atomic E-state index is 0.0325. The van der Waals surface area contributed by atoms with Crippen LogP contribution in [0.4, 0.5) is 11.4 Å². The molecule has 0 heterocycles. The van der Waals surface area contributed by atoms with Crippen LogP contribution in [0.3, 0.4) is 0 Å². The number of halogens is 1. The van der Waals surface area contributed by atoms with E-state index in [0.717, 1.165) is 21.9 Å². The Morgan fingerprint density at radius 1 is 0.844 bits per heavy atom. The second kappa shape index (κ2) is 8.65. The molecule has 4 rings (SSSR count). The second-order valence-corrected chi connectivity index (χ2v) is 9.64. The average Bonchev–Trinajstić information content (AvgIpc) is 2.76. The Hall–Kier alpha value is -3.35. The van der Waals surface area contributed by atoms with Gasteiger partial charge >= 0.3 is 0 Å². The highest BCUT2D eigenvalue weighted by atomic mass is 35.5. The molecule has 32 heavy (non-hydrogen) atoms. The van der Waals surface area contributed by atoms with E-state index in [1.165, 1.54) is 18.2 Å². The Morgan fingerprint density at radius 3 is 2.38 bits per heavy atom. The summed E-state index contributed by atoms with van der Waals surface area (Å²) >= 11 is 6.20. The van der Waals surface area contributed by atoms with Crippen molar-refractivity contribution in [1.82, 2.24) is 0 Å². The van der Waals surface area contributed by atoms with Crippen molar-refractivity contribution >= 4 is 49.7 Å². The molecule has 4 aromatic rings. The molecular formula is C25H21ClN2O3S. The van der Waals surface area contributed by atoms with E-state index in [4.69, 9.17) is 11.6 Å². The SMILES string of the molecule is Cc1ccc(C)c(NS(=O)(=O)c2cc(C(=O)Nc3ccc4ccccc4c3)ccc2Cl)c1. The highest BCUT2D eigenvalue weighted by molar-refractivity contribution is 7.92. The number of hydrogen-bond donors (Lipinski definition) is 2. The normalized spacial score (nSPS) is 11.3. The van der Waals surface area contributed by atoms with Crippen LogP contribution in [0, 0.1) is 13.8 Å². The fraction of sp³-hybridized carbons (Fsp3) is 0.0800. The molecule has 7 heteroatoms. The standard InChI is InChI=1S/C25H21ClN2O3S/c1-16-7-8-17(2)23(13-16)28-32(30,31)24-15-20(10-12-22(24)26)25(29)27-21-11-9-18-5-3-4-6-19(18)14-21/h3-15,28H,1-2H3,(H,27,29). The molecule has 0 aliphatic rings. The highest BCUT2D eigenvalue weighted by Gasteiger charge is 2.21. The van der Waals surface area contributed by atoms with Gasteiger partial charge in [0, 0.05) is 11.3 Å². The molecule has 162 valence electrons. The molecule has 2 N–H and O–H groups in total. The van der Waals surface area contributed by atoms with Crippen molar-refractivity contribution in [2.45, 2.75) is 18.7 Å². The van der Waals surface area contributed by atoms with Crippen molar-refractivity contribution in [3.63, 3.8) is 0 Å². The van der Waals surface area contributed by atoms with E-state index in [1.54, 1.807) is 12.1 Å². The number of carbonyl (C=O) groups excluding carboxylic acids is 1. The van der Waals surface area contributed by atoms with Gasteiger partial charge in [0.05, 0.1) is 10.7 Å². The van der Waals surface area contributed by atoms with E-state index in [1.807, 2.05) is 62.4 Å². The van der Waals surface area contributed by atoms with Crippen molar-refractivity contribution in [1.29, 1.82) is 0 Å². The van der Waals surface area contributed by atoms with Crippen LogP contribution >= 0.6 is 11.6 Å². The number of anilines is 2. The molecule has 0 atom stereocenters. The number of hydrogen-bond acceptors (Lipinski definition) is 3. The van der Waals surface area contributed by atoms with Crippen LogP contribution in [0.2, 0.25) is 5.02 Å². The predicted molar refractivity (Wildman–Crippen MR) is 130 cm³/mol. The van der Waals surface area contributed by atoms with Crippen molar-refractivity contribution < 1.29 is 13.2 Å². The van der Waals surface area contributed by atoms with E-state index in [-0.39, 0.29) is 15.5 Å². The van der Waals surface area contributed by atoms with Gasteiger partial charge in [-0.2, -0.15) is 0 Å². The largest absolute Gasteiger partial charge is 0.322 e. The maximum absolute atomic E-state index is 13.0. The maximum Gasteiger partial charge on any atom is 0.263 e. The molecule has 0 aliphatic heterocycles. The number of amides is 1. The lowest BCUT2D eigenvalue weighted by Gasteiger charge is -2.13. The predicted octanol–water partition coefficient (Wildman–Crippen LogP) is 6.16. The van der Waals surface area contributed by atoms with Gasteiger partial charge in [0.1, 0.15) is 4.90 Å². The van der Waals surface area contributed by atoms with Gasteiger partial charge in [-0.25, -0.2) is 8.42 Å². The lowest BCUT2D eigenvalue weighted by molar-refractivity contribution is 0.102. The third kappa shape index (κ3) is 4.61. The summed E-state index contributed by atoms with van der Waals surface area (Å²) in [6.07, 6.45) is 0. The zero-order valence-corrected chi connectivity index (χ0v) is 19.1. The summed E-state index contributed by atoms with van der Waals surface area (Å²) in [5, 5.41) is 4.90. The Labute approximate surface area is 192 Å². The molecule has 0 saturated carbocycles. The van der Waals surface area contributed by atoms with Crippen LogP contribution in [-0.2, 0) is 10.0 Å². The molecule has 0 bridgehead atoms. The van der Waals surface area contributed by atoms with Gasteiger partial charge in [0.25, 0.3) is 15.9 Å². The minimum Gasteiger partial charge on any atom is -0.322 e. The molecule has 0 unspecified atom stereocenters. The summed E-state index contributed by atoms with van der Waals surface area (Å²) in [6, 6.07) is 23.1. The number of aryl methyl sites for hydroxylation is 2. The van der Waals surface area contributed by atoms with E-state index in [9.17, 15) is 13.2 Å². The van der Waals surface area contributed by atoms with Crippen molar-refractivity contribution in [2.24, 2.45) is 0 Å². The van der Waals surface area contributed by atoms with E-state index >= 15 is 0 Å². The fourth-order valence-electron chi connectivity index (χ4n) is 3.37. The molecule has 4 aromatic carbocycles. The lowest BCUT2D eigenvalue weighted by Crippen LogP contribution is -2.17. The van der Waals surface area contributed by atoms with Gasteiger partial charge in [0.2, 0.25) is 0 Å². The third-order valence-electron chi connectivity index (χ3n) is 5.13. The first-order valence-corrected chi connectivity index (χ1v) is 11.8. The number of sulfonamides is 1. The Bertz CT molecular complexity index is 1450. The Balaban J connectivity index is 1.62. The number of nitrogens with one attached hydrogen (secondary N) is 2. The van der Waals surface area contributed by atoms with E-state index < -0.39 is 15.9 Å². The molecule has 0 aromatic heterocycles. The number of carbonyl (C=O) groups is 1. The van der Waals surface area contributed by atoms with E-state index in [2.05, 4.69) is 10.0 Å². The maximum atomic E-state index is 13.0. The van der Waals surface area contributed by atoms with Gasteiger partial charge in [-0.1, -0.05) is 54.1 Å². The highest BCUT2D eigenvalue weighted by Crippen LogP contribution is 2.27. The van der Waals surface area contributed by atoms with Crippen molar-refractivity contribution in [3.8, 4) is 0 Å². The van der Waals surface area contributed by atoms with Crippen molar-refractivity contribution in [2.75, 3.05) is 10.0 Å². The molecule has 0 spiro atoms. The Morgan fingerprint density at radius 2 is 1.59 bits per heavy atom. The fourth-order valence-corrected chi connectivity index (χ4v) is 5.01. The smallest absolute Gasteiger partial charge is 0.263 e. The summed E-state index contributed by atoms with van der Waals surface area (Å²) in [4.78, 5) is 12.7. The van der Waals surface area contributed by atoms with Crippen LogP contribution < -0.4 is 10.0 Å². The van der Waals surface area contributed by atoms with Crippen LogP contribution in [0.5, 0.6) is 0 Å². The molecule has 0 aliphatic carbocycles. The summed E-state index contributed by atoms with van der Waals surface area (Å²) in [7, 11) is -4.00. The van der Waals surface area contributed by atoms with Gasteiger partial charge in [-0.05, 0) is 72.1 Å². The average molecular weight is 465 g/mol. The minimum atomic E-state index is -4.00. The van der Waals surface area contributed by atoms with Gasteiger partial charge in [-0.3, -0.25) is 9.52 Å². The first-order valence-electron chi connectivity index (χ1n) is 9.93. The molecule has 1 amide bonds. The summed E-state index contributed by atoms with van der Waals surface area (Å²) in [5.74, 6) is -0.430. The number of rotatable bonds is 5. The third-order valence-corrected chi connectivity index (χ3v) is 6.97. The molecule has 0 radical (unpaired) electrons. The van der Waals surface area contributed by atoms with Crippen LogP contribution in [0.15, 0.2) is 83.8 Å². The molecule has 5 nitrogen and oxygen atoms in total. The van der Waals surface area contributed by atoms with E-state index in [0.29, 0.717) is 11.4 Å². The summed E-state index contributed by atoms with van der Waals surface area (Å²) in [5.41, 5.74) is 2.96. The zero-order valence-electron chi connectivity index (χ0n) is 17.5. The van der Waals surface area contributed by atoms with Crippen LogP contribution in [0.1, 0.15) is 21.5 Å². The first kappa shape index (κ1) is 21.9. The molecule has 0 fully saturated rings.